The maximum absolute atomic E-state index is 5.36. The third kappa shape index (κ3) is 4.90. The van der Waals surface area contributed by atoms with Crippen LogP contribution in [-0.2, 0) is 11.3 Å². The smallest absolute Gasteiger partial charge is 0.121 e. The van der Waals surface area contributed by atoms with Crippen LogP contribution in [0.15, 0.2) is 4.63 Å². The van der Waals surface area contributed by atoms with Crippen LogP contribution >= 0.6 is 0 Å². The maximum atomic E-state index is 5.36. The average Bonchev–Trinajstić information content (AvgIpc) is 2.63. The van der Waals surface area contributed by atoms with E-state index in [1.54, 1.807) is 0 Å². The molecule has 0 aliphatic heterocycles. The molecule has 0 saturated carbocycles. The molecular formula is C10H19N3O2. The van der Waals surface area contributed by atoms with Crippen LogP contribution in [0.5, 0.6) is 0 Å². The van der Waals surface area contributed by atoms with Crippen molar-refractivity contribution in [3.8, 4) is 0 Å². The third-order valence-electron chi connectivity index (χ3n) is 2.03. The van der Waals surface area contributed by atoms with Gasteiger partial charge in [0, 0.05) is 19.8 Å². The second-order valence-corrected chi connectivity index (χ2v) is 3.44. The van der Waals surface area contributed by atoms with Crippen molar-refractivity contribution in [2.45, 2.75) is 33.2 Å². The molecule has 0 aromatic carbocycles. The number of nitrogens with one attached hydrogen (secondary N) is 1. The monoisotopic (exact) mass is 213 g/mol. The number of nitrogens with zero attached hydrogens (tertiary/aromatic N) is 2. The lowest BCUT2D eigenvalue weighted by atomic mass is 10.3. The largest absolute Gasteiger partial charge is 0.381 e. The summed E-state index contributed by atoms with van der Waals surface area (Å²) in [6.45, 7) is 7.30. The van der Waals surface area contributed by atoms with Crippen LogP contribution in [0.25, 0.3) is 0 Å². The standard InChI is InChI=1S/C10H19N3O2/c1-3-6-14-7-4-5-11-8-10-9(2)12-15-13-10/h11H,3-8H2,1-2H3. The Morgan fingerprint density at radius 3 is 2.87 bits per heavy atom. The van der Waals surface area contributed by atoms with Crippen LogP contribution in [0, 0.1) is 6.92 Å². The van der Waals surface area contributed by atoms with Gasteiger partial charge < -0.3 is 10.1 Å². The van der Waals surface area contributed by atoms with Gasteiger partial charge in [-0.25, -0.2) is 4.63 Å². The van der Waals surface area contributed by atoms with Crippen molar-refractivity contribution >= 4 is 0 Å². The Morgan fingerprint density at radius 1 is 1.33 bits per heavy atom. The highest BCUT2D eigenvalue weighted by molar-refractivity contribution is 5.03. The van der Waals surface area contributed by atoms with Crippen LogP contribution < -0.4 is 5.32 Å². The minimum atomic E-state index is 0.711. The van der Waals surface area contributed by atoms with Gasteiger partial charge in [0.15, 0.2) is 0 Å². The van der Waals surface area contributed by atoms with Crippen LogP contribution in [0.1, 0.15) is 31.2 Å². The molecule has 0 unspecified atom stereocenters. The molecular weight excluding hydrogens is 194 g/mol. The van der Waals surface area contributed by atoms with Gasteiger partial charge in [-0.15, -0.1) is 0 Å². The molecule has 15 heavy (non-hydrogen) atoms. The van der Waals surface area contributed by atoms with Crippen LogP contribution in [0.2, 0.25) is 0 Å². The van der Waals surface area contributed by atoms with Crippen LogP contribution in [0.3, 0.4) is 0 Å². The highest BCUT2D eigenvalue weighted by Gasteiger charge is 2.02. The summed E-state index contributed by atoms with van der Waals surface area (Å²) in [6.07, 6.45) is 2.10. The Balaban J connectivity index is 1.96. The summed E-state index contributed by atoms with van der Waals surface area (Å²) in [6, 6.07) is 0. The molecule has 1 N–H and O–H groups in total. The summed E-state index contributed by atoms with van der Waals surface area (Å²) < 4.78 is 9.95. The molecule has 0 radical (unpaired) electrons. The van der Waals surface area contributed by atoms with Gasteiger partial charge in [-0.3, -0.25) is 0 Å². The minimum absolute atomic E-state index is 0.711. The quantitative estimate of drug-likeness (QED) is 0.659. The molecule has 1 rings (SSSR count). The summed E-state index contributed by atoms with van der Waals surface area (Å²) in [5, 5.41) is 10.8. The molecule has 1 aromatic heterocycles. The van der Waals surface area contributed by atoms with Gasteiger partial charge in [0.05, 0.1) is 0 Å². The fourth-order valence-corrected chi connectivity index (χ4v) is 1.16. The van der Waals surface area contributed by atoms with Crippen molar-refractivity contribution < 1.29 is 9.37 Å². The van der Waals surface area contributed by atoms with Gasteiger partial charge in [0.25, 0.3) is 0 Å². The molecule has 5 nitrogen and oxygen atoms in total. The molecule has 86 valence electrons. The first-order valence-corrected chi connectivity index (χ1v) is 5.41. The molecule has 0 bridgehead atoms. The summed E-state index contributed by atoms with van der Waals surface area (Å²) in [7, 11) is 0. The first kappa shape index (κ1) is 12.1. The van der Waals surface area contributed by atoms with Crippen molar-refractivity contribution in [2.75, 3.05) is 19.8 Å². The number of aryl methyl sites for hydroxylation is 1. The number of hydrogen-bond donors (Lipinski definition) is 1. The van der Waals surface area contributed by atoms with E-state index in [0.29, 0.717) is 6.54 Å². The lowest BCUT2D eigenvalue weighted by Gasteiger charge is -2.03. The van der Waals surface area contributed by atoms with Crippen molar-refractivity contribution in [3.63, 3.8) is 0 Å². The van der Waals surface area contributed by atoms with Gasteiger partial charge in [-0.2, -0.15) is 0 Å². The van der Waals surface area contributed by atoms with Crippen molar-refractivity contribution in [2.24, 2.45) is 0 Å². The molecule has 0 saturated heterocycles. The highest BCUT2D eigenvalue weighted by atomic mass is 16.6. The normalized spacial score (nSPS) is 10.8. The molecule has 1 aromatic rings. The van der Waals surface area contributed by atoms with E-state index in [1.165, 1.54) is 0 Å². The Hall–Kier alpha value is -0.940. The van der Waals surface area contributed by atoms with E-state index < -0.39 is 0 Å². The molecule has 1 heterocycles. The predicted octanol–water partition coefficient (Wildman–Crippen LogP) is 1.28. The van der Waals surface area contributed by atoms with E-state index in [9.17, 15) is 0 Å². The summed E-state index contributed by atoms with van der Waals surface area (Å²) in [5.74, 6) is 0. The first-order valence-electron chi connectivity index (χ1n) is 5.41. The minimum Gasteiger partial charge on any atom is -0.381 e. The number of rotatable bonds is 8. The second kappa shape index (κ2) is 7.36. The van der Waals surface area contributed by atoms with Crippen molar-refractivity contribution in [1.82, 2.24) is 15.6 Å². The Bertz CT molecular complexity index is 263. The molecule has 5 heteroatoms. The summed E-state index contributed by atoms with van der Waals surface area (Å²) in [4.78, 5) is 0. The van der Waals surface area contributed by atoms with Gasteiger partial charge in [0.2, 0.25) is 0 Å². The van der Waals surface area contributed by atoms with Crippen LogP contribution in [-0.4, -0.2) is 30.1 Å². The first-order chi connectivity index (χ1) is 7.34. The zero-order chi connectivity index (χ0) is 10.9. The molecule has 0 aliphatic carbocycles. The van der Waals surface area contributed by atoms with Crippen molar-refractivity contribution in [1.29, 1.82) is 0 Å². The zero-order valence-electron chi connectivity index (χ0n) is 9.45. The summed E-state index contributed by atoms with van der Waals surface area (Å²) in [5.41, 5.74) is 1.73. The van der Waals surface area contributed by atoms with Crippen molar-refractivity contribution in [3.05, 3.63) is 11.4 Å². The SMILES string of the molecule is CCCOCCCNCc1nonc1C. The number of ether oxygens (including phenoxy) is 1. The number of hydrogen-bond acceptors (Lipinski definition) is 5. The van der Waals surface area contributed by atoms with E-state index in [2.05, 4.69) is 27.2 Å². The van der Waals surface area contributed by atoms with E-state index in [4.69, 9.17) is 4.74 Å². The summed E-state index contributed by atoms with van der Waals surface area (Å²) >= 11 is 0. The van der Waals surface area contributed by atoms with Gasteiger partial charge in [0.1, 0.15) is 11.4 Å². The molecule has 0 spiro atoms. The fraction of sp³-hybridized carbons (Fsp3) is 0.800. The van der Waals surface area contributed by atoms with Gasteiger partial charge >= 0.3 is 0 Å². The Morgan fingerprint density at radius 2 is 2.20 bits per heavy atom. The van der Waals surface area contributed by atoms with Gasteiger partial charge in [-0.05, 0) is 26.3 Å². The Labute approximate surface area is 90.2 Å². The van der Waals surface area contributed by atoms with Crippen LogP contribution in [0.4, 0.5) is 0 Å². The molecule has 0 atom stereocenters. The molecule has 0 aliphatic rings. The number of aromatic nitrogens is 2. The highest BCUT2D eigenvalue weighted by Crippen LogP contribution is 1.98. The van der Waals surface area contributed by atoms with Gasteiger partial charge in [-0.1, -0.05) is 17.2 Å². The average molecular weight is 213 g/mol. The lowest BCUT2D eigenvalue weighted by molar-refractivity contribution is 0.132. The van der Waals surface area contributed by atoms with E-state index in [0.717, 1.165) is 44.0 Å². The molecule has 0 amide bonds. The predicted molar refractivity (Wildman–Crippen MR) is 56.5 cm³/mol. The maximum Gasteiger partial charge on any atom is 0.121 e. The van der Waals surface area contributed by atoms with E-state index in [-0.39, 0.29) is 0 Å². The van der Waals surface area contributed by atoms with E-state index >= 15 is 0 Å². The molecule has 0 fully saturated rings. The lowest BCUT2D eigenvalue weighted by Crippen LogP contribution is -2.17. The second-order valence-electron chi connectivity index (χ2n) is 3.44. The third-order valence-corrected chi connectivity index (χ3v) is 2.03. The zero-order valence-corrected chi connectivity index (χ0v) is 9.45. The topological polar surface area (TPSA) is 60.2 Å². The Kier molecular flexibility index (Phi) is 5.96. The fourth-order valence-electron chi connectivity index (χ4n) is 1.16. The van der Waals surface area contributed by atoms with E-state index in [1.807, 2.05) is 6.92 Å².